The van der Waals surface area contributed by atoms with Gasteiger partial charge in [-0.05, 0) is 118 Å². The summed E-state index contributed by atoms with van der Waals surface area (Å²) in [7, 11) is -3.30. The topological polar surface area (TPSA) is 26.3 Å². The maximum atomic E-state index is 15.1. The van der Waals surface area contributed by atoms with Gasteiger partial charge in [-0.2, -0.15) is 13.2 Å². The molecule has 6 heteroatoms. The Morgan fingerprint density at radius 3 is 0.811 bits per heavy atom. The van der Waals surface area contributed by atoms with E-state index in [-0.39, 0.29) is 0 Å². The number of carbonyl (C=O) groups is 1. The first kappa shape index (κ1) is 44.7. The zero-order valence-corrected chi connectivity index (χ0v) is 35.4. The van der Waals surface area contributed by atoms with Crippen LogP contribution in [0, 0.1) is 0 Å². The van der Waals surface area contributed by atoms with Crippen LogP contribution in [0.3, 0.4) is 0 Å². The molecule has 0 saturated carbocycles. The summed E-state index contributed by atoms with van der Waals surface area (Å²) < 4.78 is 51.9. The van der Waals surface area contributed by atoms with Crippen molar-refractivity contribution in [3.8, 4) is 0 Å². The van der Waals surface area contributed by atoms with Crippen LogP contribution in [0.2, 0.25) is 0 Å². The fraction of sp³-hybridized carbons (Fsp3) is 0.596. The molecule has 3 rings (SSSR count). The lowest BCUT2D eigenvalue weighted by Crippen LogP contribution is -2.30. The Kier molecular flexibility index (Phi) is 18.0. The highest BCUT2D eigenvalue weighted by atomic mass is 32.3. The molecule has 0 aromatic heterocycles. The van der Waals surface area contributed by atoms with E-state index in [0.29, 0.717) is 38.5 Å². The molecular weight excluding hydrogens is 686 g/mol. The van der Waals surface area contributed by atoms with Crippen molar-refractivity contribution in [3.63, 3.8) is 0 Å². The van der Waals surface area contributed by atoms with E-state index in [0.717, 1.165) is 125 Å². The fourth-order valence-electron chi connectivity index (χ4n) is 8.21. The van der Waals surface area contributed by atoms with Crippen LogP contribution < -0.4 is 0 Å². The lowest BCUT2D eigenvalue weighted by Gasteiger charge is -2.47. The first-order valence-electron chi connectivity index (χ1n) is 21.0. The van der Waals surface area contributed by atoms with Crippen molar-refractivity contribution in [1.82, 2.24) is 0 Å². The Bertz CT molecular complexity index is 1370. The van der Waals surface area contributed by atoms with E-state index in [9.17, 15) is 4.79 Å². The molecule has 0 saturated heterocycles. The quantitative estimate of drug-likeness (QED) is 0.102. The minimum absolute atomic E-state index is 0.697. The van der Waals surface area contributed by atoms with Gasteiger partial charge < -0.3 is 4.18 Å². The molecule has 53 heavy (non-hydrogen) atoms. The van der Waals surface area contributed by atoms with E-state index in [4.69, 9.17) is 4.18 Å². The summed E-state index contributed by atoms with van der Waals surface area (Å²) in [4.78, 5) is 16.6. The summed E-state index contributed by atoms with van der Waals surface area (Å²) in [6.45, 7) is 19.4. The van der Waals surface area contributed by atoms with Crippen molar-refractivity contribution >= 4 is 16.3 Å². The Morgan fingerprint density at radius 2 is 0.642 bits per heavy atom. The number of halogens is 3. The number of hydrogen-bond acceptors (Lipinski definition) is 2. The summed E-state index contributed by atoms with van der Waals surface area (Å²) in [5, 5.41) is 0. The molecule has 296 valence electrons. The fourth-order valence-corrected chi connectivity index (χ4v) is 12.6. The van der Waals surface area contributed by atoms with Crippen LogP contribution in [0.5, 0.6) is 0 Å². The van der Waals surface area contributed by atoms with Gasteiger partial charge in [0, 0.05) is 14.7 Å². The number of alkyl halides is 3. The van der Waals surface area contributed by atoms with Crippen LogP contribution in [-0.4, -0.2) is 12.1 Å². The maximum absolute atomic E-state index is 15.1. The molecule has 0 N–H and O–H groups in total. The molecule has 0 radical (unpaired) electrons. The van der Waals surface area contributed by atoms with Gasteiger partial charge in [0.15, 0.2) is 0 Å². The minimum Gasteiger partial charge on any atom is -0.395 e. The van der Waals surface area contributed by atoms with E-state index in [1.54, 1.807) is 0 Å². The average molecular weight is 755 g/mol. The van der Waals surface area contributed by atoms with E-state index in [1.165, 1.54) is 16.7 Å². The molecule has 0 atom stereocenters. The molecule has 3 aromatic rings. The van der Waals surface area contributed by atoms with Crippen molar-refractivity contribution < 1.29 is 22.1 Å². The van der Waals surface area contributed by atoms with Gasteiger partial charge in [-0.15, -0.1) is 0 Å². The van der Waals surface area contributed by atoms with Gasteiger partial charge in [-0.3, -0.25) is 0 Å². The molecule has 0 spiro atoms. The number of benzene rings is 3. The Hall–Kier alpha value is -2.73. The number of rotatable bonds is 22. The predicted molar refractivity (Wildman–Crippen MR) is 220 cm³/mol. The SMILES string of the molecule is CCCc1cc(CCC)c(S(OC(=O)C(F)(F)F)(c2c(CCC)cc(CCC)cc2CCC)c2c(CCC)cc(CCC)cc2CCC)c(CCC)c1. The van der Waals surface area contributed by atoms with Crippen LogP contribution in [0.25, 0.3) is 0 Å². The molecule has 0 aliphatic heterocycles. The van der Waals surface area contributed by atoms with E-state index < -0.39 is 22.5 Å². The highest BCUT2D eigenvalue weighted by molar-refractivity contribution is 8.30. The monoisotopic (exact) mass is 754 g/mol. The summed E-state index contributed by atoms with van der Waals surface area (Å²) >= 11 is 0. The summed E-state index contributed by atoms with van der Waals surface area (Å²) in [5.74, 6) is -2.08. The van der Waals surface area contributed by atoms with Gasteiger partial charge in [0.1, 0.15) is 0 Å². The predicted octanol–water partition coefficient (Wildman–Crippen LogP) is 14.6. The van der Waals surface area contributed by atoms with Crippen molar-refractivity contribution in [2.75, 3.05) is 0 Å². The Labute approximate surface area is 322 Å². The molecule has 0 aliphatic carbocycles. The molecule has 0 amide bonds. The highest BCUT2D eigenvalue weighted by Gasteiger charge is 2.51. The van der Waals surface area contributed by atoms with Gasteiger partial charge in [0.05, 0.1) is 0 Å². The van der Waals surface area contributed by atoms with Crippen LogP contribution >= 0.6 is 10.3 Å². The molecule has 0 unspecified atom stereocenters. The molecule has 0 bridgehead atoms. The van der Waals surface area contributed by atoms with Crippen molar-refractivity contribution in [3.05, 3.63) is 86.5 Å². The van der Waals surface area contributed by atoms with Gasteiger partial charge in [-0.25, -0.2) is 4.79 Å². The number of carbonyl (C=O) groups excluding carboxylic acids is 1. The highest BCUT2D eigenvalue weighted by Crippen LogP contribution is 2.75. The largest absolute Gasteiger partial charge is 0.491 e. The average Bonchev–Trinajstić information content (AvgIpc) is 3.09. The molecule has 3 aromatic carbocycles. The molecule has 0 heterocycles. The standard InChI is InChI=1S/C47H69F3O2S/c1-10-19-34-28-37(22-13-4)43(38(29-34)23-14-5)53(52-46(51)47(48,49)50,44-39(24-15-6)30-35(20-11-2)31-40(44)25-16-7)45-41(26-17-8)32-36(21-12-3)33-42(45)27-18-9/h28-33H,10-27H2,1-9H3. The summed E-state index contributed by atoms with van der Waals surface area (Å²) in [6.07, 6.45) is 9.57. The smallest absolute Gasteiger partial charge is 0.395 e. The van der Waals surface area contributed by atoms with Crippen molar-refractivity contribution in [1.29, 1.82) is 0 Å². The lowest BCUT2D eigenvalue weighted by molar-refractivity contribution is -0.188. The minimum atomic E-state index is -5.16. The third-order valence-electron chi connectivity index (χ3n) is 9.93. The number of aryl methyl sites for hydroxylation is 9. The summed E-state index contributed by atoms with van der Waals surface area (Å²) in [5.41, 5.74) is 9.86. The maximum Gasteiger partial charge on any atom is 0.491 e. The molecule has 2 nitrogen and oxygen atoms in total. The Balaban J connectivity index is 2.96. The van der Waals surface area contributed by atoms with Crippen LogP contribution in [-0.2, 0) is 66.8 Å². The van der Waals surface area contributed by atoms with Crippen LogP contribution in [0.4, 0.5) is 13.2 Å². The second-order valence-corrected chi connectivity index (χ2v) is 17.4. The number of hydrogen-bond donors (Lipinski definition) is 0. The summed E-state index contributed by atoms with van der Waals surface area (Å²) in [6, 6.07) is 13.5. The van der Waals surface area contributed by atoms with E-state index in [2.05, 4.69) is 98.7 Å². The normalized spacial score (nSPS) is 12.4. The van der Waals surface area contributed by atoms with Crippen LogP contribution in [0.15, 0.2) is 51.1 Å². The van der Waals surface area contributed by atoms with Gasteiger partial charge in [0.2, 0.25) is 0 Å². The van der Waals surface area contributed by atoms with Crippen LogP contribution in [0.1, 0.15) is 170 Å². The van der Waals surface area contributed by atoms with E-state index >= 15 is 13.2 Å². The molecule has 0 aliphatic rings. The molecular formula is C47H69F3O2S. The van der Waals surface area contributed by atoms with Crippen molar-refractivity contribution in [2.45, 2.75) is 199 Å². The van der Waals surface area contributed by atoms with Crippen molar-refractivity contribution in [2.24, 2.45) is 0 Å². The Morgan fingerprint density at radius 1 is 0.434 bits per heavy atom. The lowest BCUT2D eigenvalue weighted by atomic mass is 9.97. The zero-order valence-electron chi connectivity index (χ0n) is 34.6. The third-order valence-corrected chi connectivity index (χ3v) is 13.6. The van der Waals surface area contributed by atoms with E-state index in [1.807, 2.05) is 0 Å². The second kappa shape index (κ2) is 21.4. The van der Waals surface area contributed by atoms with Gasteiger partial charge in [-0.1, -0.05) is 156 Å². The second-order valence-electron chi connectivity index (χ2n) is 14.9. The molecule has 0 fully saturated rings. The first-order valence-corrected chi connectivity index (χ1v) is 22.6. The van der Waals surface area contributed by atoms with Gasteiger partial charge in [0.25, 0.3) is 0 Å². The van der Waals surface area contributed by atoms with Gasteiger partial charge >= 0.3 is 12.1 Å². The third kappa shape index (κ3) is 10.7. The first-order chi connectivity index (χ1) is 25.4. The zero-order chi connectivity index (χ0) is 39.2.